The number of halogens is 3. The number of carbonyl (C=O) groups excluding carboxylic acids is 1. The fourth-order valence-corrected chi connectivity index (χ4v) is 3.34. The molecule has 0 aliphatic rings. The Bertz CT molecular complexity index is 1340. The minimum absolute atomic E-state index is 0.00238. The Kier molecular flexibility index (Phi) is 6.10. The molecule has 176 valence electrons. The SMILES string of the molecule is COc1ccccc1-c1nc(Cn2nnc(C(=O)Nc3cccc(C(F)(F)F)c3)c2C)c(C)o1. The number of ether oxygens (including phenoxy) is 1. The largest absolute Gasteiger partial charge is 0.496 e. The minimum Gasteiger partial charge on any atom is -0.496 e. The molecule has 0 atom stereocenters. The van der Waals surface area contributed by atoms with Crippen LogP contribution in [0.3, 0.4) is 0 Å². The summed E-state index contributed by atoms with van der Waals surface area (Å²) >= 11 is 0. The lowest BCUT2D eigenvalue weighted by atomic mass is 10.2. The second-order valence-corrected chi connectivity index (χ2v) is 7.44. The van der Waals surface area contributed by atoms with E-state index >= 15 is 0 Å². The zero-order valence-corrected chi connectivity index (χ0v) is 18.5. The first-order valence-corrected chi connectivity index (χ1v) is 10.2. The van der Waals surface area contributed by atoms with E-state index < -0.39 is 17.6 Å². The number of hydrogen-bond donors (Lipinski definition) is 1. The van der Waals surface area contributed by atoms with Crippen molar-refractivity contribution in [2.24, 2.45) is 0 Å². The number of benzene rings is 2. The summed E-state index contributed by atoms with van der Waals surface area (Å²) in [5.74, 6) is 0.881. The van der Waals surface area contributed by atoms with E-state index in [-0.39, 0.29) is 17.9 Å². The third kappa shape index (κ3) is 4.63. The fraction of sp³-hybridized carbons (Fsp3) is 0.217. The van der Waals surface area contributed by atoms with Crippen molar-refractivity contribution in [1.29, 1.82) is 0 Å². The summed E-state index contributed by atoms with van der Waals surface area (Å²) in [7, 11) is 1.56. The molecule has 2 aromatic heterocycles. The van der Waals surface area contributed by atoms with Gasteiger partial charge in [-0.2, -0.15) is 13.2 Å². The quantitative estimate of drug-likeness (QED) is 0.431. The molecule has 0 spiro atoms. The normalized spacial score (nSPS) is 11.5. The molecule has 0 saturated heterocycles. The number of amides is 1. The fourth-order valence-electron chi connectivity index (χ4n) is 3.34. The number of nitrogens with one attached hydrogen (secondary N) is 1. The molecule has 0 fully saturated rings. The molecule has 8 nitrogen and oxygen atoms in total. The average Bonchev–Trinajstić information content (AvgIpc) is 3.36. The molecule has 4 aromatic rings. The van der Waals surface area contributed by atoms with Crippen LogP contribution in [0.25, 0.3) is 11.5 Å². The van der Waals surface area contributed by atoms with Gasteiger partial charge in [0.25, 0.3) is 5.91 Å². The van der Waals surface area contributed by atoms with Crippen LogP contribution in [0, 0.1) is 13.8 Å². The molecule has 11 heteroatoms. The van der Waals surface area contributed by atoms with Gasteiger partial charge >= 0.3 is 6.18 Å². The van der Waals surface area contributed by atoms with E-state index in [0.29, 0.717) is 34.4 Å². The maximum Gasteiger partial charge on any atom is 0.416 e. The van der Waals surface area contributed by atoms with Gasteiger partial charge < -0.3 is 14.5 Å². The van der Waals surface area contributed by atoms with Gasteiger partial charge in [-0.05, 0) is 44.2 Å². The number of hydrogen-bond acceptors (Lipinski definition) is 6. The zero-order valence-electron chi connectivity index (χ0n) is 18.5. The number of nitrogens with zero attached hydrogens (tertiary/aromatic N) is 4. The van der Waals surface area contributed by atoms with Crippen LogP contribution < -0.4 is 10.1 Å². The number of alkyl halides is 3. The Hall–Kier alpha value is -4.15. The number of aryl methyl sites for hydroxylation is 1. The second-order valence-electron chi connectivity index (χ2n) is 7.44. The lowest BCUT2D eigenvalue weighted by Gasteiger charge is -2.09. The molecule has 2 heterocycles. The summed E-state index contributed by atoms with van der Waals surface area (Å²) in [5.41, 5.74) is 0.824. The third-order valence-electron chi connectivity index (χ3n) is 5.17. The van der Waals surface area contributed by atoms with E-state index in [1.165, 1.54) is 16.8 Å². The predicted octanol–water partition coefficient (Wildman–Crippen LogP) is 4.88. The first-order chi connectivity index (χ1) is 16.2. The van der Waals surface area contributed by atoms with Crippen molar-refractivity contribution in [3.05, 3.63) is 76.9 Å². The molecule has 0 radical (unpaired) electrons. The predicted molar refractivity (Wildman–Crippen MR) is 116 cm³/mol. The highest BCUT2D eigenvalue weighted by Gasteiger charge is 2.30. The van der Waals surface area contributed by atoms with Gasteiger partial charge in [0, 0.05) is 5.69 Å². The highest BCUT2D eigenvalue weighted by atomic mass is 19.4. The highest BCUT2D eigenvalue weighted by Crippen LogP contribution is 2.31. The molecule has 34 heavy (non-hydrogen) atoms. The van der Waals surface area contributed by atoms with Gasteiger partial charge in [0.15, 0.2) is 5.69 Å². The summed E-state index contributed by atoms with van der Waals surface area (Å²) in [6.45, 7) is 3.58. The standard InChI is InChI=1S/C23H20F3N5O3/c1-13-20(21(32)27-16-8-6-7-15(11-16)23(24,25)26)29-30-31(13)12-18-14(2)34-22(28-18)17-9-4-5-10-19(17)33-3/h4-11H,12H2,1-3H3,(H,27,32). The molecule has 0 bridgehead atoms. The zero-order chi connectivity index (χ0) is 24.5. The summed E-state index contributed by atoms with van der Waals surface area (Å²) in [6.07, 6.45) is -4.52. The molecule has 0 saturated carbocycles. The lowest BCUT2D eigenvalue weighted by Crippen LogP contribution is -2.15. The Morgan fingerprint density at radius 3 is 2.65 bits per heavy atom. The van der Waals surface area contributed by atoms with E-state index in [2.05, 4.69) is 20.6 Å². The van der Waals surface area contributed by atoms with E-state index in [4.69, 9.17) is 9.15 Å². The molecule has 0 aliphatic heterocycles. The Morgan fingerprint density at radius 2 is 1.91 bits per heavy atom. The second kappa shape index (κ2) is 9.00. The number of oxazole rings is 1. The molecular formula is C23H20F3N5O3. The Morgan fingerprint density at radius 1 is 1.15 bits per heavy atom. The maximum atomic E-state index is 12.9. The van der Waals surface area contributed by atoms with Crippen LogP contribution in [0.1, 0.15) is 33.2 Å². The number of aromatic nitrogens is 4. The van der Waals surface area contributed by atoms with Crippen molar-refractivity contribution < 1.29 is 27.1 Å². The first kappa shape index (κ1) is 23.0. The van der Waals surface area contributed by atoms with E-state index in [1.54, 1.807) is 27.0 Å². The van der Waals surface area contributed by atoms with Crippen molar-refractivity contribution in [1.82, 2.24) is 20.0 Å². The Balaban J connectivity index is 1.53. The van der Waals surface area contributed by atoms with Crippen LogP contribution in [0.2, 0.25) is 0 Å². The van der Waals surface area contributed by atoms with E-state index in [9.17, 15) is 18.0 Å². The summed E-state index contributed by atoms with van der Waals surface area (Å²) in [6, 6.07) is 11.7. The lowest BCUT2D eigenvalue weighted by molar-refractivity contribution is -0.137. The number of carbonyl (C=O) groups is 1. The van der Waals surface area contributed by atoms with Gasteiger partial charge in [0.1, 0.15) is 17.2 Å². The Labute approximate surface area is 192 Å². The molecule has 1 N–H and O–H groups in total. The number of anilines is 1. The van der Waals surface area contributed by atoms with Gasteiger partial charge in [-0.15, -0.1) is 5.10 Å². The van der Waals surface area contributed by atoms with Crippen molar-refractivity contribution >= 4 is 11.6 Å². The summed E-state index contributed by atoms with van der Waals surface area (Å²) < 4.78 is 51.4. The van der Waals surface area contributed by atoms with E-state index in [0.717, 1.165) is 12.1 Å². The minimum atomic E-state index is -4.52. The van der Waals surface area contributed by atoms with E-state index in [1.807, 2.05) is 18.2 Å². The van der Waals surface area contributed by atoms with Crippen molar-refractivity contribution in [3.8, 4) is 17.2 Å². The number of rotatable bonds is 6. The number of para-hydroxylation sites is 1. The monoisotopic (exact) mass is 471 g/mol. The van der Waals surface area contributed by atoms with Crippen LogP contribution in [-0.2, 0) is 12.7 Å². The first-order valence-electron chi connectivity index (χ1n) is 10.2. The third-order valence-corrected chi connectivity index (χ3v) is 5.17. The summed E-state index contributed by atoms with van der Waals surface area (Å²) in [4.78, 5) is 17.2. The molecule has 4 rings (SSSR count). The topological polar surface area (TPSA) is 95.1 Å². The van der Waals surface area contributed by atoms with Gasteiger partial charge in [0.05, 0.1) is 30.5 Å². The maximum absolute atomic E-state index is 12.9. The number of methoxy groups -OCH3 is 1. The molecule has 2 aromatic carbocycles. The van der Waals surface area contributed by atoms with Gasteiger partial charge in [0.2, 0.25) is 5.89 Å². The molecule has 0 unspecified atom stereocenters. The summed E-state index contributed by atoms with van der Waals surface area (Å²) in [5, 5.41) is 10.3. The van der Waals surface area contributed by atoms with Crippen molar-refractivity contribution in [2.75, 3.05) is 12.4 Å². The van der Waals surface area contributed by atoms with Gasteiger partial charge in [-0.3, -0.25) is 4.79 Å². The van der Waals surface area contributed by atoms with Crippen LogP contribution in [0.5, 0.6) is 5.75 Å². The van der Waals surface area contributed by atoms with Crippen LogP contribution >= 0.6 is 0 Å². The van der Waals surface area contributed by atoms with Gasteiger partial charge in [-0.25, -0.2) is 9.67 Å². The van der Waals surface area contributed by atoms with Crippen LogP contribution in [0.15, 0.2) is 52.9 Å². The van der Waals surface area contributed by atoms with Crippen molar-refractivity contribution in [3.63, 3.8) is 0 Å². The van der Waals surface area contributed by atoms with Crippen molar-refractivity contribution in [2.45, 2.75) is 26.6 Å². The van der Waals surface area contributed by atoms with Crippen LogP contribution in [0.4, 0.5) is 18.9 Å². The van der Waals surface area contributed by atoms with Gasteiger partial charge in [-0.1, -0.05) is 23.4 Å². The highest BCUT2D eigenvalue weighted by molar-refractivity contribution is 6.03. The van der Waals surface area contributed by atoms with Crippen LogP contribution in [-0.4, -0.2) is 33.0 Å². The molecular weight excluding hydrogens is 451 g/mol. The molecule has 0 aliphatic carbocycles. The molecule has 1 amide bonds. The smallest absolute Gasteiger partial charge is 0.416 e. The average molecular weight is 471 g/mol.